The fourth-order valence-corrected chi connectivity index (χ4v) is 10.9. The van der Waals surface area contributed by atoms with E-state index in [4.69, 9.17) is 0 Å². The molecule has 0 nitrogen and oxygen atoms in total. The maximum atomic E-state index is 2.45. The predicted octanol–water partition coefficient (Wildman–Crippen LogP) is 0.758. The molecule has 0 fully saturated rings. The van der Waals surface area contributed by atoms with E-state index in [0.29, 0.717) is 8.45 Å². The van der Waals surface area contributed by atoms with Crippen molar-refractivity contribution < 1.29 is 42.2 Å². The fourth-order valence-electron chi connectivity index (χ4n) is 4.88. The number of fused-ring (bicyclic) bond motifs is 2. The van der Waals surface area contributed by atoms with Gasteiger partial charge in [-0.1, -0.05) is 0 Å². The Hall–Kier alpha value is -0.916. The molecule has 2 aromatic rings. The zero-order valence-corrected chi connectivity index (χ0v) is 20.6. The summed E-state index contributed by atoms with van der Waals surface area (Å²) in [6.45, 7) is 13.9. The number of benzene rings is 2. The second-order valence-electron chi connectivity index (χ2n) is 8.36. The van der Waals surface area contributed by atoms with Crippen LogP contribution in [0.2, 0.25) is 0 Å². The van der Waals surface area contributed by atoms with Gasteiger partial charge in [-0.3, -0.25) is 0 Å². The maximum Gasteiger partial charge on any atom is -1.00 e. The van der Waals surface area contributed by atoms with Crippen LogP contribution in [-0.2, 0) is 17.4 Å². The molecule has 0 saturated carbocycles. The Balaban J connectivity index is 0.00000140. The fraction of sp³-hybridized carbons (Fsp3) is 0.320. The van der Waals surface area contributed by atoms with Crippen LogP contribution < -0.4 is 24.8 Å². The minimum Gasteiger partial charge on any atom is -1.00 e. The largest absolute Gasteiger partial charge is 1.00 e. The van der Waals surface area contributed by atoms with E-state index in [1.165, 1.54) is 22.3 Å². The first-order valence-corrected chi connectivity index (χ1v) is 12.2. The summed E-state index contributed by atoms with van der Waals surface area (Å²) < 4.78 is 3.00. The summed E-state index contributed by atoms with van der Waals surface area (Å²) in [4.78, 5) is 0. The molecule has 0 aromatic heterocycles. The molecule has 2 atom stereocenters. The van der Waals surface area contributed by atoms with Crippen molar-refractivity contribution in [1.29, 1.82) is 0 Å². The van der Waals surface area contributed by atoms with Crippen molar-refractivity contribution >= 4 is 16.0 Å². The zero-order valence-electron chi connectivity index (χ0n) is 17.5. The van der Waals surface area contributed by atoms with E-state index >= 15 is 0 Å². The van der Waals surface area contributed by atoms with Crippen molar-refractivity contribution in [1.82, 2.24) is 0 Å². The van der Waals surface area contributed by atoms with Crippen LogP contribution in [0.3, 0.4) is 0 Å². The molecular weight excluding hydrogens is 419 g/mol. The average molecular weight is 447 g/mol. The summed E-state index contributed by atoms with van der Waals surface area (Å²) in [5.41, 5.74) is 12.0. The third kappa shape index (κ3) is 3.90. The normalized spacial score (nSPS) is 18.6. The van der Waals surface area contributed by atoms with E-state index in [-0.39, 0.29) is 24.8 Å². The Labute approximate surface area is 188 Å². The van der Waals surface area contributed by atoms with Gasteiger partial charge in [0, 0.05) is 0 Å². The molecule has 3 heteroatoms. The molecule has 146 valence electrons. The van der Waals surface area contributed by atoms with Crippen LogP contribution in [-0.4, -0.2) is 3.81 Å². The molecule has 2 unspecified atom stereocenters. The van der Waals surface area contributed by atoms with Crippen LogP contribution in [0.25, 0.3) is 12.2 Å². The summed E-state index contributed by atoms with van der Waals surface area (Å²) in [6.07, 6.45) is 4.90. The van der Waals surface area contributed by atoms with Gasteiger partial charge in [0.25, 0.3) is 0 Å². The first-order valence-electron chi connectivity index (χ1n) is 9.61. The molecule has 0 bridgehead atoms. The summed E-state index contributed by atoms with van der Waals surface area (Å²) >= 11 is -1.61. The molecule has 0 saturated heterocycles. The van der Waals surface area contributed by atoms with Gasteiger partial charge in [-0.2, -0.15) is 0 Å². The summed E-state index contributed by atoms with van der Waals surface area (Å²) in [6, 6.07) is 14.1. The maximum absolute atomic E-state index is 2.45. The Morgan fingerprint density at radius 1 is 0.679 bits per heavy atom. The van der Waals surface area contributed by atoms with Gasteiger partial charge in [-0.15, -0.1) is 0 Å². The SMILES string of the molecule is CC1=Cc2cc(C)ccc2[CH]1[Ti+2](=[C](C)C)[CH]1C(C)=Cc2cc(C)ccc21.[Cl-].[Cl-]. The third-order valence-corrected chi connectivity index (χ3v) is 12.1. The van der Waals surface area contributed by atoms with Gasteiger partial charge in [0.2, 0.25) is 0 Å². The van der Waals surface area contributed by atoms with Gasteiger partial charge in [0.05, 0.1) is 0 Å². The smallest absolute Gasteiger partial charge is 1.00 e. The molecule has 0 aliphatic heterocycles. The molecule has 0 radical (unpaired) electrons. The van der Waals surface area contributed by atoms with E-state index in [0.717, 1.165) is 0 Å². The van der Waals surface area contributed by atoms with E-state index in [1.54, 1.807) is 26.1 Å². The number of allylic oxidation sites excluding steroid dienone is 2. The molecule has 0 heterocycles. The van der Waals surface area contributed by atoms with Crippen LogP contribution in [0, 0.1) is 13.8 Å². The van der Waals surface area contributed by atoms with Crippen molar-refractivity contribution in [3.63, 3.8) is 0 Å². The van der Waals surface area contributed by atoms with Crippen LogP contribution in [0.15, 0.2) is 47.5 Å². The second-order valence-corrected chi connectivity index (χ2v) is 13.1. The molecule has 2 aliphatic rings. The summed E-state index contributed by atoms with van der Waals surface area (Å²) in [5.74, 6) is 0. The quantitative estimate of drug-likeness (QED) is 0.597. The average Bonchev–Trinajstić information content (AvgIpc) is 3.04. The Morgan fingerprint density at radius 3 is 1.43 bits per heavy atom. The van der Waals surface area contributed by atoms with Crippen molar-refractivity contribution in [2.24, 2.45) is 0 Å². The topological polar surface area (TPSA) is 0 Å². The Bertz CT molecular complexity index is 932. The second kappa shape index (κ2) is 8.84. The number of aryl methyl sites for hydroxylation is 2. The molecular formula is C25H28Cl2Ti. The van der Waals surface area contributed by atoms with E-state index in [9.17, 15) is 0 Å². The van der Waals surface area contributed by atoms with Gasteiger partial charge in [0.1, 0.15) is 0 Å². The molecule has 0 amide bonds. The standard InChI is InChI=1S/2C11H11.C3H6.2ClH.Ti/c2*1-8-3-4-10-6-9(2)7-11(10)5-8;1-3-2;;;/h2*3-7H,1-2H3;1-2H3;2*1H;/q;;;;;+2/p-2. The number of hydrogen-bond acceptors (Lipinski definition) is 0. The molecule has 2 aromatic carbocycles. The Morgan fingerprint density at radius 2 is 1.07 bits per heavy atom. The monoisotopic (exact) mass is 446 g/mol. The number of hydrogen-bond donors (Lipinski definition) is 0. The van der Waals surface area contributed by atoms with Gasteiger partial charge >= 0.3 is 164 Å². The van der Waals surface area contributed by atoms with E-state index < -0.39 is 17.4 Å². The summed E-state index contributed by atoms with van der Waals surface area (Å²) in [7, 11) is 0. The number of halogens is 2. The third-order valence-electron chi connectivity index (χ3n) is 5.98. The van der Waals surface area contributed by atoms with Gasteiger partial charge in [-0.25, -0.2) is 0 Å². The van der Waals surface area contributed by atoms with Crippen LogP contribution >= 0.6 is 0 Å². The summed E-state index contributed by atoms with van der Waals surface area (Å²) in [5, 5.41) is 0. The minimum absolute atomic E-state index is 0. The first-order chi connectivity index (χ1) is 12.4. The first kappa shape index (κ1) is 23.4. The van der Waals surface area contributed by atoms with Crippen LogP contribution in [0.1, 0.15) is 69.5 Å². The Kier molecular flexibility index (Phi) is 7.38. The molecule has 4 rings (SSSR count). The van der Waals surface area contributed by atoms with Crippen molar-refractivity contribution in [2.45, 2.75) is 50.0 Å². The van der Waals surface area contributed by atoms with Gasteiger partial charge in [-0.05, 0) is 0 Å². The minimum atomic E-state index is -1.61. The van der Waals surface area contributed by atoms with Crippen molar-refractivity contribution in [3.8, 4) is 0 Å². The molecule has 2 aliphatic carbocycles. The van der Waals surface area contributed by atoms with Crippen molar-refractivity contribution in [2.75, 3.05) is 0 Å². The predicted molar refractivity (Wildman–Crippen MR) is 111 cm³/mol. The zero-order chi connectivity index (χ0) is 18.6. The van der Waals surface area contributed by atoms with Crippen LogP contribution in [0.5, 0.6) is 0 Å². The number of rotatable bonds is 2. The molecule has 0 spiro atoms. The molecule has 0 N–H and O–H groups in total. The van der Waals surface area contributed by atoms with Gasteiger partial charge < -0.3 is 24.8 Å². The van der Waals surface area contributed by atoms with Crippen LogP contribution in [0.4, 0.5) is 0 Å². The van der Waals surface area contributed by atoms with E-state index in [1.807, 2.05) is 0 Å². The molecule has 28 heavy (non-hydrogen) atoms. The van der Waals surface area contributed by atoms with Gasteiger partial charge in [0.15, 0.2) is 0 Å². The van der Waals surface area contributed by atoms with E-state index in [2.05, 4.69) is 90.1 Å². The van der Waals surface area contributed by atoms with Crippen molar-refractivity contribution in [3.05, 3.63) is 80.9 Å².